The molecular weight excluding hydrogens is 466 g/mol. The number of rotatable bonds is 8. The van der Waals surface area contributed by atoms with E-state index in [2.05, 4.69) is 9.80 Å². The smallest absolute Gasteiger partial charge is 0.416 e. The van der Waals surface area contributed by atoms with E-state index in [-0.39, 0.29) is 37.2 Å². The Hall–Kier alpha value is -2.90. The number of anilines is 1. The van der Waals surface area contributed by atoms with Gasteiger partial charge in [0.1, 0.15) is 6.61 Å². The second-order valence-electron chi connectivity index (χ2n) is 9.62. The van der Waals surface area contributed by atoms with Gasteiger partial charge in [0, 0.05) is 49.7 Å². The van der Waals surface area contributed by atoms with Crippen molar-refractivity contribution in [3.05, 3.63) is 65.2 Å². The molecule has 8 heteroatoms. The maximum atomic E-state index is 13.2. The van der Waals surface area contributed by atoms with Crippen LogP contribution in [0.25, 0.3) is 0 Å². The van der Waals surface area contributed by atoms with E-state index in [1.165, 1.54) is 4.90 Å². The van der Waals surface area contributed by atoms with Crippen molar-refractivity contribution < 1.29 is 19.1 Å². The van der Waals surface area contributed by atoms with Gasteiger partial charge in [-0.3, -0.25) is 14.5 Å². The lowest BCUT2D eigenvalue weighted by Crippen LogP contribution is -2.58. The molecule has 2 aliphatic heterocycles. The zero-order chi connectivity index (χ0) is 25.0. The quantitative estimate of drug-likeness (QED) is 0.545. The number of piperazine rings is 1. The Morgan fingerprint density at radius 3 is 2.29 bits per heavy atom. The van der Waals surface area contributed by atoms with Gasteiger partial charge in [-0.05, 0) is 50.1 Å². The maximum absolute atomic E-state index is 13.2. The fourth-order valence-electron chi connectivity index (χ4n) is 4.80. The molecule has 2 saturated heterocycles. The monoisotopic (exact) mass is 497 g/mol. The van der Waals surface area contributed by atoms with Crippen LogP contribution in [0.3, 0.4) is 0 Å². The fraction of sp³-hybridized carbons (Fsp3) is 0.444. The van der Waals surface area contributed by atoms with Crippen molar-refractivity contribution in [3.63, 3.8) is 0 Å². The molecule has 0 N–H and O–H groups in total. The molecule has 186 valence electrons. The van der Waals surface area contributed by atoms with Crippen molar-refractivity contribution in [2.45, 2.75) is 44.7 Å². The number of hydrogen-bond donors (Lipinski definition) is 0. The first-order chi connectivity index (χ1) is 16.8. The first-order valence-electron chi connectivity index (χ1n) is 12.1. The first-order valence-corrected chi connectivity index (χ1v) is 12.4. The van der Waals surface area contributed by atoms with Crippen LogP contribution in [0, 0.1) is 0 Å². The summed E-state index contributed by atoms with van der Waals surface area (Å²) >= 11 is 6.00. The van der Waals surface area contributed by atoms with E-state index in [0.717, 1.165) is 37.4 Å². The summed E-state index contributed by atoms with van der Waals surface area (Å²) in [6, 6.07) is 17.1. The van der Waals surface area contributed by atoms with Gasteiger partial charge in [0.05, 0.1) is 11.6 Å². The Morgan fingerprint density at radius 1 is 0.971 bits per heavy atom. The molecule has 2 heterocycles. The minimum absolute atomic E-state index is 0.00188. The molecule has 0 aromatic heterocycles. The molecule has 0 aliphatic carbocycles. The molecule has 0 radical (unpaired) electrons. The SMILES string of the molecule is CC(C)(C(=O)CCC(=O)N1C(=O)OCC1Cc1ccccc1)N1CCN(c2ccc(Cl)cc2)CC1. The third-order valence-corrected chi connectivity index (χ3v) is 7.31. The summed E-state index contributed by atoms with van der Waals surface area (Å²) in [5, 5.41) is 0.710. The number of hydrogen-bond acceptors (Lipinski definition) is 6. The highest BCUT2D eigenvalue weighted by Crippen LogP contribution is 2.25. The summed E-state index contributed by atoms with van der Waals surface area (Å²) in [5.74, 6) is -0.358. The van der Waals surface area contributed by atoms with E-state index in [1.54, 1.807) is 0 Å². The summed E-state index contributed by atoms with van der Waals surface area (Å²) in [5.41, 5.74) is 1.45. The molecule has 1 atom stereocenters. The third-order valence-electron chi connectivity index (χ3n) is 7.05. The Morgan fingerprint density at radius 2 is 1.63 bits per heavy atom. The number of benzene rings is 2. The average Bonchev–Trinajstić information content (AvgIpc) is 3.23. The summed E-state index contributed by atoms with van der Waals surface area (Å²) in [4.78, 5) is 44.0. The number of cyclic esters (lactones) is 1. The molecule has 2 aromatic rings. The predicted molar refractivity (Wildman–Crippen MR) is 136 cm³/mol. The molecule has 7 nitrogen and oxygen atoms in total. The van der Waals surface area contributed by atoms with Crippen molar-refractivity contribution >= 4 is 35.1 Å². The number of Topliss-reactive ketones (excluding diaryl/α,β-unsaturated/α-hetero) is 1. The van der Waals surface area contributed by atoms with Gasteiger partial charge in [-0.1, -0.05) is 41.9 Å². The Balaban J connectivity index is 1.30. The van der Waals surface area contributed by atoms with Crippen LogP contribution in [0.2, 0.25) is 5.02 Å². The Labute approximate surface area is 211 Å². The minimum Gasteiger partial charge on any atom is -0.447 e. The van der Waals surface area contributed by atoms with Gasteiger partial charge in [0.15, 0.2) is 5.78 Å². The highest BCUT2D eigenvalue weighted by atomic mass is 35.5. The van der Waals surface area contributed by atoms with Crippen LogP contribution in [-0.2, 0) is 20.7 Å². The lowest BCUT2D eigenvalue weighted by molar-refractivity contribution is -0.135. The van der Waals surface area contributed by atoms with Gasteiger partial charge in [-0.2, -0.15) is 0 Å². The molecule has 2 fully saturated rings. The fourth-order valence-corrected chi connectivity index (χ4v) is 4.93. The van der Waals surface area contributed by atoms with Gasteiger partial charge in [-0.15, -0.1) is 0 Å². The lowest BCUT2D eigenvalue weighted by Gasteiger charge is -2.44. The Bertz CT molecular complexity index is 1050. The van der Waals surface area contributed by atoms with Crippen molar-refractivity contribution in [1.82, 2.24) is 9.80 Å². The van der Waals surface area contributed by atoms with Crippen LogP contribution in [0.1, 0.15) is 32.3 Å². The molecule has 0 saturated carbocycles. The van der Waals surface area contributed by atoms with E-state index >= 15 is 0 Å². The molecular formula is C27H32ClN3O4. The number of ketones is 1. The van der Waals surface area contributed by atoms with Gasteiger partial charge in [0.25, 0.3) is 0 Å². The van der Waals surface area contributed by atoms with Crippen molar-refractivity contribution in [1.29, 1.82) is 0 Å². The van der Waals surface area contributed by atoms with Crippen LogP contribution in [0.4, 0.5) is 10.5 Å². The number of amides is 2. The average molecular weight is 498 g/mol. The molecule has 2 amide bonds. The summed E-state index contributed by atoms with van der Waals surface area (Å²) in [6.45, 7) is 7.10. The van der Waals surface area contributed by atoms with E-state index in [1.807, 2.05) is 68.4 Å². The predicted octanol–water partition coefficient (Wildman–Crippen LogP) is 4.18. The van der Waals surface area contributed by atoms with Gasteiger partial charge >= 0.3 is 6.09 Å². The Kier molecular flexibility index (Phi) is 7.77. The van der Waals surface area contributed by atoms with E-state index < -0.39 is 11.6 Å². The number of nitrogens with zero attached hydrogens (tertiary/aromatic N) is 3. The second-order valence-corrected chi connectivity index (χ2v) is 10.1. The number of halogens is 1. The largest absolute Gasteiger partial charge is 0.447 e. The maximum Gasteiger partial charge on any atom is 0.416 e. The van der Waals surface area contributed by atoms with Crippen LogP contribution in [0.15, 0.2) is 54.6 Å². The van der Waals surface area contributed by atoms with Crippen LogP contribution < -0.4 is 4.90 Å². The summed E-state index contributed by atoms with van der Waals surface area (Å²) < 4.78 is 5.15. The molecule has 2 aromatic carbocycles. The standard InChI is InChI=1S/C27H32ClN3O4/c1-27(2,30-16-14-29(15-17-30)22-10-8-21(28)9-11-22)24(32)12-13-25(33)31-23(19-35-26(31)34)18-20-6-4-3-5-7-20/h3-11,23H,12-19H2,1-2H3. The number of carbonyl (C=O) groups excluding carboxylic acids is 3. The van der Waals surface area contributed by atoms with Gasteiger partial charge in [-0.25, -0.2) is 9.69 Å². The van der Waals surface area contributed by atoms with E-state index in [0.29, 0.717) is 11.4 Å². The number of ether oxygens (including phenoxy) is 1. The van der Waals surface area contributed by atoms with Gasteiger partial charge in [0.2, 0.25) is 5.91 Å². The zero-order valence-electron chi connectivity index (χ0n) is 20.3. The lowest BCUT2D eigenvalue weighted by atomic mass is 9.92. The van der Waals surface area contributed by atoms with Crippen molar-refractivity contribution in [3.8, 4) is 0 Å². The zero-order valence-corrected chi connectivity index (χ0v) is 21.0. The first kappa shape index (κ1) is 25.2. The van der Waals surface area contributed by atoms with E-state index in [4.69, 9.17) is 16.3 Å². The molecule has 2 aliphatic rings. The van der Waals surface area contributed by atoms with E-state index in [9.17, 15) is 14.4 Å². The minimum atomic E-state index is -0.693. The van der Waals surface area contributed by atoms with Crippen LogP contribution in [0.5, 0.6) is 0 Å². The highest BCUT2D eigenvalue weighted by molar-refractivity contribution is 6.30. The summed E-state index contributed by atoms with van der Waals surface area (Å²) in [7, 11) is 0. The van der Waals surface area contributed by atoms with Gasteiger partial charge < -0.3 is 9.64 Å². The number of carbonyl (C=O) groups is 3. The molecule has 1 unspecified atom stereocenters. The molecule has 0 bridgehead atoms. The normalized spacial score (nSPS) is 19.1. The topological polar surface area (TPSA) is 70.2 Å². The molecule has 0 spiro atoms. The second kappa shape index (κ2) is 10.8. The van der Waals surface area contributed by atoms with Crippen LogP contribution in [-0.4, -0.2) is 72.0 Å². The highest BCUT2D eigenvalue weighted by Gasteiger charge is 2.40. The number of imide groups is 1. The molecule has 4 rings (SSSR count). The summed E-state index contributed by atoms with van der Waals surface area (Å²) in [6.07, 6.45) is -0.00494. The third kappa shape index (κ3) is 5.85. The van der Waals surface area contributed by atoms with Crippen molar-refractivity contribution in [2.75, 3.05) is 37.7 Å². The van der Waals surface area contributed by atoms with Crippen LogP contribution >= 0.6 is 11.6 Å². The molecule has 35 heavy (non-hydrogen) atoms. The van der Waals surface area contributed by atoms with Crippen molar-refractivity contribution in [2.24, 2.45) is 0 Å².